The summed E-state index contributed by atoms with van der Waals surface area (Å²) in [6.45, 7) is 5.37. The maximum absolute atomic E-state index is 12.9. The molecule has 0 fully saturated rings. The summed E-state index contributed by atoms with van der Waals surface area (Å²) in [6, 6.07) is 4.54. The van der Waals surface area contributed by atoms with Gasteiger partial charge in [-0.05, 0) is 51.0 Å². The summed E-state index contributed by atoms with van der Waals surface area (Å²) in [7, 11) is 1.53. The zero-order chi connectivity index (χ0) is 23.8. The van der Waals surface area contributed by atoms with Crippen LogP contribution in [-0.2, 0) is 7.05 Å². The maximum atomic E-state index is 12.9. The average molecular weight is 466 g/mol. The van der Waals surface area contributed by atoms with E-state index in [0.717, 1.165) is 11.3 Å². The molecule has 0 aliphatic heterocycles. The predicted octanol–water partition coefficient (Wildman–Crippen LogP) is 4.33. The SMILES string of the molecule is Cc1ccc(NC(=O)c2sc(-c3c(C)c(C)nn(C)c3=O)nc2C)c(OCC(F)(F)F)c1. The number of carbonyl (C=O) groups is 1. The minimum Gasteiger partial charge on any atom is -0.482 e. The Bertz CT molecular complexity index is 1250. The Morgan fingerprint density at radius 3 is 2.53 bits per heavy atom. The number of halogens is 3. The van der Waals surface area contributed by atoms with Gasteiger partial charge in [-0.3, -0.25) is 9.59 Å². The van der Waals surface area contributed by atoms with Crippen LogP contribution in [0.1, 0.15) is 32.2 Å². The van der Waals surface area contributed by atoms with Crippen LogP contribution >= 0.6 is 11.3 Å². The lowest BCUT2D eigenvalue weighted by Gasteiger charge is -2.14. The summed E-state index contributed by atoms with van der Waals surface area (Å²) >= 11 is 1.03. The third-order valence-electron chi connectivity index (χ3n) is 4.72. The number of aromatic nitrogens is 3. The average Bonchev–Trinajstić information content (AvgIpc) is 3.07. The van der Waals surface area contributed by atoms with Crippen LogP contribution in [-0.4, -0.2) is 33.5 Å². The van der Waals surface area contributed by atoms with E-state index in [1.165, 1.54) is 23.9 Å². The Hall–Kier alpha value is -3.21. The Balaban J connectivity index is 1.94. The molecular weight excluding hydrogens is 445 g/mol. The molecule has 1 aromatic carbocycles. The molecule has 0 bridgehead atoms. The fraction of sp³-hybridized carbons (Fsp3) is 0.333. The number of benzene rings is 1. The number of hydrogen-bond donors (Lipinski definition) is 1. The normalized spacial score (nSPS) is 11.5. The quantitative estimate of drug-likeness (QED) is 0.605. The highest BCUT2D eigenvalue weighted by Crippen LogP contribution is 2.32. The molecule has 0 spiro atoms. The highest BCUT2D eigenvalue weighted by molar-refractivity contribution is 7.17. The highest BCUT2D eigenvalue weighted by Gasteiger charge is 2.29. The molecule has 0 aliphatic rings. The van der Waals surface area contributed by atoms with Crippen LogP contribution in [0.4, 0.5) is 18.9 Å². The lowest BCUT2D eigenvalue weighted by molar-refractivity contribution is -0.153. The van der Waals surface area contributed by atoms with Crippen LogP contribution in [0.2, 0.25) is 0 Å². The van der Waals surface area contributed by atoms with E-state index in [0.29, 0.717) is 33.1 Å². The van der Waals surface area contributed by atoms with E-state index >= 15 is 0 Å². The fourth-order valence-electron chi connectivity index (χ4n) is 3.01. The van der Waals surface area contributed by atoms with Crippen LogP contribution in [0.15, 0.2) is 23.0 Å². The van der Waals surface area contributed by atoms with Crippen molar-refractivity contribution in [1.82, 2.24) is 14.8 Å². The van der Waals surface area contributed by atoms with Gasteiger partial charge < -0.3 is 10.1 Å². The smallest absolute Gasteiger partial charge is 0.422 e. The third kappa shape index (κ3) is 4.98. The number of alkyl halides is 3. The van der Waals surface area contributed by atoms with E-state index < -0.39 is 18.7 Å². The molecule has 170 valence electrons. The molecular formula is C21H21F3N4O3S. The number of hydrogen-bond acceptors (Lipinski definition) is 6. The van der Waals surface area contributed by atoms with Crippen LogP contribution < -0.4 is 15.6 Å². The first kappa shape index (κ1) is 23.5. The monoisotopic (exact) mass is 466 g/mol. The number of rotatable bonds is 5. The first-order chi connectivity index (χ1) is 14.9. The van der Waals surface area contributed by atoms with Crippen molar-refractivity contribution >= 4 is 22.9 Å². The number of amides is 1. The van der Waals surface area contributed by atoms with Crippen molar-refractivity contribution in [2.24, 2.45) is 7.05 Å². The van der Waals surface area contributed by atoms with Crippen molar-refractivity contribution in [1.29, 1.82) is 0 Å². The van der Waals surface area contributed by atoms with Gasteiger partial charge in [0.15, 0.2) is 6.61 Å². The van der Waals surface area contributed by atoms with Gasteiger partial charge >= 0.3 is 6.18 Å². The van der Waals surface area contributed by atoms with E-state index in [4.69, 9.17) is 4.74 Å². The van der Waals surface area contributed by atoms with E-state index in [2.05, 4.69) is 15.4 Å². The fourth-order valence-corrected chi connectivity index (χ4v) is 4.06. The number of carbonyl (C=O) groups excluding carboxylic acids is 1. The van der Waals surface area contributed by atoms with Crippen molar-refractivity contribution in [3.8, 4) is 16.3 Å². The molecule has 2 aromatic heterocycles. The van der Waals surface area contributed by atoms with E-state index in [1.807, 2.05) is 0 Å². The Labute approximate surface area is 185 Å². The van der Waals surface area contributed by atoms with Crippen LogP contribution in [0.25, 0.3) is 10.6 Å². The lowest BCUT2D eigenvalue weighted by Crippen LogP contribution is -2.23. The van der Waals surface area contributed by atoms with Gasteiger partial charge in [-0.2, -0.15) is 18.3 Å². The first-order valence-corrected chi connectivity index (χ1v) is 10.3. The minimum absolute atomic E-state index is 0.0902. The molecule has 7 nitrogen and oxygen atoms in total. The van der Waals surface area contributed by atoms with Gasteiger partial charge in [0.1, 0.15) is 15.6 Å². The number of aryl methyl sites for hydroxylation is 4. The third-order valence-corrected chi connectivity index (χ3v) is 5.89. The minimum atomic E-state index is -4.51. The molecule has 0 saturated carbocycles. The summed E-state index contributed by atoms with van der Waals surface area (Å²) < 4.78 is 43.9. The molecule has 0 atom stereocenters. The second-order valence-electron chi connectivity index (χ2n) is 7.31. The number of anilines is 1. The summed E-state index contributed by atoms with van der Waals surface area (Å²) in [5.41, 5.74) is 2.51. The van der Waals surface area contributed by atoms with Crippen LogP contribution in [0, 0.1) is 27.7 Å². The van der Waals surface area contributed by atoms with Gasteiger partial charge in [0.25, 0.3) is 11.5 Å². The van der Waals surface area contributed by atoms with Gasteiger partial charge in [0.05, 0.1) is 22.6 Å². The van der Waals surface area contributed by atoms with Crippen molar-refractivity contribution in [3.63, 3.8) is 0 Å². The largest absolute Gasteiger partial charge is 0.482 e. The zero-order valence-corrected chi connectivity index (χ0v) is 18.9. The Morgan fingerprint density at radius 2 is 1.88 bits per heavy atom. The van der Waals surface area contributed by atoms with E-state index in [1.54, 1.807) is 33.8 Å². The summed E-state index contributed by atoms with van der Waals surface area (Å²) in [5.74, 6) is -0.653. The molecule has 1 N–H and O–H groups in total. The number of thiazole rings is 1. The van der Waals surface area contributed by atoms with Gasteiger partial charge in [-0.25, -0.2) is 9.67 Å². The van der Waals surface area contributed by atoms with Gasteiger partial charge in [-0.1, -0.05) is 6.07 Å². The molecule has 11 heteroatoms. The maximum Gasteiger partial charge on any atom is 0.422 e. The molecule has 32 heavy (non-hydrogen) atoms. The summed E-state index contributed by atoms with van der Waals surface area (Å²) in [5, 5.41) is 7.10. The Kier molecular flexibility index (Phi) is 6.40. The van der Waals surface area contributed by atoms with Crippen molar-refractivity contribution in [2.75, 3.05) is 11.9 Å². The Morgan fingerprint density at radius 1 is 1.19 bits per heavy atom. The zero-order valence-electron chi connectivity index (χ0n) is 18.0. The van der Waals surface area contributed by atoms with Crippen molar-refractivity contribution in [2.45, 2.75) is 33.9 Å². The van der Waals surface area contributed by atoms with E-state index in [-0.39, 0.29) is 21.9 Å². The second kappa shape index (κ2) is 8.73. The number of nitrogens with zero attached hydrogens (tertiary/aromatic N) is 3. The van der Waals surface area contributed by atoms with Gasteiger partial charge in [0.2, 0.25) is 0 Å². The molecule has 2 heterocycles. The van der Waals surface area contributed by atoms with Crippen LogP contribution in [0.5, 0.6) is 5.75 Å². The highest BCUT2D eigenvalue weighted by atomic mass is 32.1. The number of nitrogens with one attached hydrogen (secondary N) is 1. The van der Waals surface area contributed by atoms with E-state index in [9.17, 15) is 22.8 Å². The van der Waals surface area contributed by atoms with Crippen LogP contribution in [0.3, 0.4) is 0 Å². The number of ether oxygens (including phenoxy) is 1. The molecule has 1 amide bonds. The van der Waals surface area contributed by atoms with Gasteiger partial charge in [-0.15, -0.1) is 11.3 Å². The molecule has 3 rings (SSSR count). The predicted molar refractivity (Wildman–Crippen MR) is 115 cm³/mol. The molecule has 0 unspecified atom stereocenters. The molecule has 3 aromatic rings. The molecule has 0 radical (unpaired) electrons. The van der Waals surface area contributed by atoms with Gasteiger partial charge in [0, 0.05) is 7.05 Å². The lowest BCUT2D eigenvalue weighted by atomic mass is 10.1. The van der Waals surface area contributed by atoms with Crippen molar-refractivity contribution in [3.05, 3.63) is 55.9 Å². The van der Waals surface area contributed by atoms with Crippen molar-refractivity contribution < 1.29 is 22.7 Å². The topological polar surface area (TPSA) is 86.1 Å². The second-order valence-corrected chi connectivity index (χ2v) is 8.30. The summed E-state index contributed by atoms with van der Waals surface area (Å²) in [6.07, 6.45) is -4.51. The first-order valence-electron chi connectivity index (χ1n) is 9.51. The standard InChI is InChI=1S/C21H21F3N4O3S/c1-10-6-7-14(15(8-10)31-9-21(22,23)24)26-18(29)17-13(4)25-19(32-17)16-11(2)12(3)27-28(5)20(16)30/h6-8H,9H2,1-5H3,(H,26,29). The summed E-state index contributed by atoms with van der Waals surface area (Å²) in [4.78, 5) is 30.1. The molecule has 0 saturated heterocycles. The molecule has 0 aliphatic carbocycles.